The van der Waals surface area contributed by atoms with Crippen molar-refractivity contribution in [2.24, 2.45) is 0 Å². The van der Waals surface area contributed by atoms with Gasteiger partial charge in [-0.2, -0.15) is 0 Å². The van der Waals surface area contributed by atoms with E-state index in [4.69, 9.17) is 21.8 Å². The van der Waals surface area contributed by atoms with Crippen LogP contribution in [0.15, 0.2) is 22.6 Å². The Bertz CT molecular complexity index is 515. The summed E-state index contributed by atoms with van der Waals surface area (Å²) in [5, 5.41) is 0.594. The highest BCUT2D eigenvalue weighted by molar-refractivity contribution is 6.33. The number of nitrogen functional groups attached to an aromatic ring is 1. The Kier molecular flexibility index (Phi) is 3.38. The molecule has 2 N–H and O–H groups in total. The number of aryl methyl sites for hydroxylation is 4. The number of rotatable bonds is 3. The molecule has 1 heterocycles. The third kappa shape index (κ3) is 2.80. The lowest BCUT2D eigenvalue weighted by atomic mass is 10.1. The first-order chi connectivity index (χ1) is 8.06. The van der Waals surface area contributed by atoms with Gasteiger partial charge >= 0.3 is 0 Å². The maximum absolute atomic E-state index is 5.87. The van der Waals surface area contributed by atoms with Crippen LogP contribution in [0.5, 0.6) is 0 Å². The first kappa shape index (κ1) is 12.0. The number of anilines is 1. The summed E-state index contributed by atoms with van der Waals surface area (Å²) >= 11 is 5.87. The second kappa shape index (κ2) is 4.80. The van der Waals surface area contributed by atoms with Gasteiger partial charge in [-0.25, -0.2) is 4.98 Å². The quantitative estimate of drug-likeness (QED) is 0.851. The molecule has 0 bridgehead atoms. The molecule has 0 radical (unpaired) electrons. The van der Waals surface area contributed by atoms with Crippen LogP contribution in [0.2, 0.25) is 5.02 Å². The monoisotopic (exact) mass is 250 g/mol. The molecule has 0 unspecified atom stereocenters. The molecular formula is C13H15ClN2O. The average Bonchev–Trinajstić information content (AvgIpc) is 2.60. The molecule has 0 fully saturated rings. The minimum Gasteiger partial charge on any atom is -0.446 e. The van der Waals surface area contributed by atoms with Crippen molar-refractivity contribution in [3.8, 4) is 0 Å². The molecule has 1 aromatic carbocycles. The van der Waals surface area contributed by atoms with E-state index < -0.39 is 0 Å². The zero-order chi connectivity index (χ0) is 12.4. The number of hydrogen-bond acceptors (Lipinski definition) is 3. The number of oxazole rings is 1. The topological polar surface area (TPSA) is 52.0 Å². The van der Waals surface area contributed by atoms with Gasteiger partial charge in [-0.15, -0.1) is 0 Å². The van der Waals surface area contributed by atoms with Gasteiger partial charge in [0.25, 0.3) is 0 Å². The molecule has 17 heavy (non-hydrogen) atoms. The second-order valence-corrected chi connectivity index (χ2v) is 4.51. The predicted octanol–water partition coefficient (Wildman–Crippen LogP) is 3.31. The van der Waals surface area contributed by atoms with Gasteiger partial charge < -0.3 is 10.2 Å². The lowest BCUT2D eigenvalue weighted by molar-refractivity contribution is 0.470. The Hall–Kier alpha value is -1.48. The summed E-state index contributed by atoms with van der Waals surface area (Å²) in [5.41, 5.74) is 8.46. The summed E-state index contributed by atoms with van der Waals surface area (Å²) in [6, 6.07) is 5.69. The number of halogens is 1. The largest absolute Gasteiger partial charge is 0.446 e. The molecule has 0 atom stereocenters. The maximum Gasteiger partial charge on any atom is 0.194 e. The molecule has 2 aromatic rings. The minimum atomic E-state index is 0.594. The van der Waals surface area contributed by atoms with Crippen LogP contribution in [0.25, 0.3) is 0 Å². The van der Waals surface area contributed by atoms with E-state index in [2.05, 4.69) is 4.98 Å². The highest BCUT2D eigenvalue weighted by Gasteiger charge is 2.06. The summed E-state index contributed by atoms with van der Waals surface area (Å²) in [7, 11) is 0. The van der Waals surface area contributed by atoms with Gasteiger partial charge in [0.05, 0.1) is 16.4 Å². The van der Waals surface area contributed by atoms with E-state index in [1.165, 1.54) is 0 Å². The Labute approximate surface area is 106 Å². The molecule has 0 saturated heterocycles. The van der Waals surface area contributed by atoms with Crippen molar-refractivity contribution >= 4 is 17.3 Å². The van der Waals surface area contributed by atoms with E-state index in [9.17, 15) is 0 Å². The zero-order valence-electron chi connectivity index (χ0n) is 9.96. The van der Waals surface area contributed by atoms with Gasteiger partial charge in [-0.05, 0) is 38.0 Å². The van der Waals surface area contributed by atoms with Gasteiger partial charge in [0, 0.05) is 6.42 Å². The highest BCUT2D eigenvalue weighted by Crippen LogP contribution is 2.20. The Balaban J connectivity index is 2.04. The summed E-state index contributed by atoms with van der Waals surface area (Å²) in [6.07, 6.45) is 1.62. The summed E-state index contributed by atoms with van der Waals surface area (Å²) < 4.78 is 5.52. The third-order valence-corrected chi connectivity index (χ3v) is 3.10. The van der Waals surface area contributed by atoms with Crippen molar-refractivity contribution in [3.63, 3.8) is 0 Å². The molecule has 90 valence electrons. The van der Waals surface area contributed by atoms with Crippen LogP contribution in [0.1, 0.15) is 22.9 Å². The predicted molar refractivity (Wildman–Crippen MR) is 69.2 cm³/mol. The highest BCUT2D eigenvalue weighted by atomic mass is 35.5. The van der Waals surface area contributed by atoms with Gasteiger partial charge in [0.15, 0.2) is 5.89 Å². The van der Waals surface area contributed by atoms with Crippen molar-refractivity contribution in [3.05, 3.63) is 46.1 Å². The van der Waals surface area contributed by atoms with Crippen LogP contribution in [-0.4, -0.2) is 4.98 Å². The molecule has 0 amide bonds. The Morgan fingerprint density at radius 3 is 2.65 bits per heavy atom. The fraction of sp³-hybridized carbons (Fsp3) is 0.308. The normalized spacial score (nSPS) is 10.8. The summed E-state index contributed by atoms with van der Waals surface area (Å²) in [4.78, 5) is 4.34. The molecule has 0 aliphatic rings. The van der Waals surface area contributed by atoms with Gasteiger partial charge in [-0.3, -0.25) is 0 Å². The molecule has 0 aliphatic carbocycles. The average molecular weight is 251 g/mol. The van der Waals surface area contributed by atoms with E-state index in [1.54, 1.807) is 0 Å². The van der Waals surface area contributed by atoms with Crippen LogP contribution in [0.3, 0.4) is 0 Å². The van der Waals surface area contributed by atoms with Crippen LogP contribution in [0, 0.1) is 13.8 Å². The lowest BCUT2D eigenvalue weighted by Crippen LogP contribution is -1.94. The smallest absolute Gasteiger partial charge is 0.194 e. The van der Waals surface area contributed by atoms with Crippen molar-refractivity contribution in [1.29, 1.82) is 0 Å². The molecule has 0 aliphatic heterocycles. The number of hydrogen-bond donors (Lipinski definition) is 1. The standard InChI is InChI=1S/C13H15ClN2O/c1-8-9(2)17-13(16-8)6-4-10-3-5-11(14)12(15)7-10/h3,5,7H,4,6,15H2,1-2H3. The van der Waals surface area contributed by atoms with Crippen LogP contribution < -0.4 is 5.73 Å². The van der Waals surface area contributed by atoms with Gasteiger partial charge in [0.1, 0.15) is 5.76 Å². The van der Waals surface area contributed by atoms with Gasteiger partial charge in [0.2, 0.25) is 0 Å². The molecule has 0 saturated carbocycles. The first-order valence-corrected chi connectivity index (χ1v) is 5.91. The van der Waals surface area contributed by atoms with Crippen LogP contribution in [-0.2, 0) is 12.8 Å². The second-order valence-electron chi connectivity index (χ2n) is 4.11. The van der Waals surface area contributed by atoms with Gasteiger partial charge in [-0.1, -0.05) is 17.7 Å². The van der Waals surface area contributed by atoms with Crippen molar-refractivity contribution in [2.75, 3.05) is 5.73 Å². The maximum atomic E-state index is 5.87. The SMILES string of the molecule is Cc1nc(CCc2ccc(Cl)c(N)c2)oc1C. The number of nitrogens with two attached hydrogens (primary N) is 1. The number of nitrogens with zero attached hydrogens (tertiary/aromatic N) is 1. The van der Waals surface area contributed by atoms with Crippen molar-refractivity contribution in [2.45, 2.75) is 26.7 Å². The fourth-order valence-electron chi connectivity index (χ4n) is 1.65. The molecular weight excluding hydrogens is 236 g/mol. The molecule has 4 heteroatoms. The van der Waals surface area contributed by atoms with E-state index in [-0.39, 0.29) is 0 Å². The third-order valence-electron chi connectivity index (χ3n) is 2.76. The lowest BCUT2D eigenvalue weighted by Gasteiger charge is -2.02. The minimum absolute atomic E-state index is 0.594. The summed E-state index contributed by atoms with van der Waals surface area (Å²) in [5.74, 6) is 1.66. The van der Waals surface area contributed by atoms with E-state index in [1.807, 2.05) is 32.0 Å². The fourth-order valence-corrected chi connectivity index (χ4v) is 1.76. The van der Waals surface area contributed by atoms with E-state index in [0.717, 1.165) is 35.7 Å². The van der Waals surface area contributed by atoms with Crippen molar-refractivity contribution < 1.29 is 4.42 Å². The zero-order valence-corrected chi connectivity index (χ0v) is 10.7. The van der Waals surface area contributed by atoms with Crippen LogP contribution >= 0.6 is 11.6 Å². The first-order valence-electron chi connectivity index (χ1n) is 5.53. The molecule has 1 aromatic heterocycles. The number of benzene rings is 1. The molecule has 2 rings (SSSR count). The summed E-state index contributed by atoms with van der Waals surface area (Å²) in [6.45, 7) is 3.87. The van der Waals surface area contributed by atoms with E-state index in [0.29, 0.717) is 10.7 Å². The Morgan fingerprint density at radius 2 is 2.06 bits per heavy atom. The number of aromatic nitrogens is 1. The molecule has 0 spiro atoms. The molecule has 3 nitrogen and oxygen atoms in total. The Morgan fingerprint density at radius 1 is 1.29 bits per heavy atom. The van der Waals surface area contributed by atoms with Crippen LogP contribution in [0.4, 0.5) is 5.69 Å². The van der Waals surface area contributed by atoms with E-state index >= 15 is 0 Å². The van der Waals surface area contributed by atoms with Crippen molar-refractivity contribution in [1.82, 2.24) is 4.98 Å².